The van der Waals surface area contributed by atoms with Crippen molar-refractivity contribution in [2.45, 2.75) is 12.3 Å². The molecule has 2 rings (SSSR count). The Morgan fingerprint density at radius 3 is 2.12 bits per heavy atom. The van der Waals surface area contributed by atoms with Crippen molar-refractivity contribution in [1.29, 1.82) is 0 Å². The maximum absolute atomic E-state index is 10.8. The molecule has 2 aromatic carbocycles. The van der Waals surface area contributed by atoms with Crippen molar-refractivity contribution in [3.63, 3.8) is 0 Å². The van der Waals surface area contributed by atoms with Gasteiger partial charge in [0.1, 0.15) is 6.29 Å². The van der Waals surface area contributed by atoms with Crippen molar-refractivity contribution in [3.05, 3.63) is 70.2 Å². The molecule has 0 spiro atoms. The Balaban J connectivity index is 2.35. The highest BCUT2D eigenvalue weighted by atomic mass is 79.9. The van der Waals surface area contributed by atoms with Gasteiger partial charge in [0.05, 0.1) is 0 Å². The maximum atomic E-state index is 10.8. The van der Waals surface area contributed by atoms with Crippen molar-refractivity contribution < 1.29 is 4.79 Å². The number of halogens is 1. The van der Waals surface area contributed by atoms with E-state index in [1.54, 1.807) is 0 Å². The lowest BCUT2D eigenvalue weighted by Crippen LogP contribution is -2.01. The van der Waals surface area contributed by atoms with Crippen molar-refractivity contribution >= 4 is 22.2 Å². The Bertz CT molecular complexity index is 476. The van der Waals surface area contributed by atoms with Gasteiger partial charge in [-0.15, -0.1) is 0 Å². The molecule has 86 valence electrons. The van der Waals surface area contributed by atoms with Gasteiger partial charge in [-0.3, -0.25) is 0 Å². The third-order valence-electron chi connectivity index (χ3n) is 2.81. The van der Waals surface area contributed by atoms with E-state index in [-0.39, 0.29) is 5.92 Å². The Morgan fingerprint density at radius 1 is 0.941 bits per heavy atom. The van der Waals surface area contributed by atoms with Crippen LogP contribution in [-0.2, 0) is 4.79 Å². The Labute approximate surface area is 110 Å². The van der Waals surface area contributed by atoms with E-state index < -0.39 is 0 Å². The largest absolute Gasteiger partial charge is 0.303 e. The lowest BCUT2D eigenvalue weighted by molar-refractivity contribution is -0.108. The number of rotatable bonds is 4. The molecule has 0 aromatic heterocycles. The summed E-state index contributed by atoms with van der Waals surface area (Å²) in [6.45, 7) is 0. The van der Waals surface area contributed by atoms with Crippen LogP contribution in [0.1, 0.15) is 23.5 Å². The summed E-state index contributed by atoms with van der Waals surface area (Å²) >= 11 is 3.42. The summed E-state index contributed by atoms with van der Waals surface area (Å²) in [6, 6.07) is 18.3. The van der Waals surface area contributed by atoms with Crippen LogP contribution in [0.15, 0.2) is 59.1 Å². The molecular weight excluding hydrogens is 276 g/mol. The summed E-state index contributed by atoms with van der Waals surface area (Å²) in [5.41, 5.74) is 2.36. The standard InChI is InChI=1S/C15H13BrO/c16-14-8-6-13(7-9-14)15(10-11-17)12-4-2-1-3-5-12/h1-9,11,15H,10H2. The lowest BCUT2D eigenvalue weighted by atomic mass is 9.89. The Kier molecular flexibility index (Phi) is 4.10. The maximum Gasteiger partial charge on any atom is 0.120 e. The molecule has 0 saturated carbocycles. The summed E-state index contributed by atoms with van der Waals surface area (Å²) in [5.74, 6) is 0.154. The molecule has 0 amide bonds. The highest BCUT2D eigenvalue weighted by molar-refractivity contribution is 9.10. The molecule has 0 aliphatic rings. The first kappa shape index (κ1) is 12.1. The topological polar surface area (TPSA) is 17.1 Å². The van der Waals surface area contributed by atoms with Gasteiger partial charge in [-0.2, -0.15) is 0 Å². The molecule has 1 atom stereocenters. The number of benzene rings is 2. The van der Waals surface area contributed by atoms with Crippen LogP contribution in [0.25, 0.3) is 0 Å². The molecule has 17 heavy (non-hydrogen) atoms. The van der Waals surface area contributed by atoms with Crippen molar-refractivity contribution in [2.75, 3.05) is 0 Å². The lowest BCUT2D eigenvalue weighted by Gasteiger charge is -2.15. The molecule has 0 N–H and O–H groups in total. The fourth-order valence-electron chi connectivity index (χ4n) is 1.94. The number of hydrogen-bond acceptors (Lipinski definition) is 1. The SMILES string of the molecule is O=CCC(c1ccccc1)c1ccc(Br)cc1. The fraction of sp³-hybridized carbons (Fsp3) is 0.133. The molecular formula is C15H13BrO. The molecule has 0 radical (unpaired) electrons. The number of aldehydes is 1. The molecule has 0 heterocycles. The summed E-state index contributed by atoms with van der Waals surface area (Å²) < 4.78 is 1.05. The molecule has 2 aromatic rings. The Morgan fingerprint density at radius 2 is 1.53 bits per heavy atom. The molecule has 1 nitrogen and oxygen atoms in total. The predicted octanol–water partition coefficient (Wildman–Crippen LogP) is 4.17. The molecule has 2 heteroatoms. The monoisotopic (exact) mass is 288 g/mol. The van der Waals surface area contributed by atoms with Gasteiger partial charge in [0.2, 0.25) is 0 Å². The predicted molar refractivity (Wildman–Crippen MR) is 73.1 cm³/mol. The summed E-state index contributed by atoms with van der Waals surface area (Å²) in [5, 5.41) is 0. The Hall–Kier alpha value is -1.41. The second-order valence-electron chi connectivity index (χ2n) is 3.92. The smallest absolute Gasteiger partial charge is 0.120 e. The van der Waals surface area contributed by atoms with Crippen molar-refractivity contribution in [2.24, 2.45) is 0 Å². The molecule has 0 bridgehead atoms. The molecule has 0 aliphatic carbocycles. The second kappa shape index (κ2) is 5.78. The zero-order chi connectivity index (χ0) is 12.1. The van der Waals surface area contributed by atoms with E-state index >= 15 is 0 Å². The van der Waals surface area contributed by atoms with Crippen LogP contribution >= 0.6 is 15.9 Å². The van der Waals surface area contributed by atoms with Crippen LogP contribution in [0.4, 0.5) is 0 Å². The summed E-state index contributed by atoms with van der Waals surface area (Å²) in [7, 11) is 0. The van der Waals surface area contributed by atoms with Gasteiger partial charge >= 0.3 is 0 Å². The minimum absolute atomic E-state index is 0.154. The average molecular weight is 289 g/mol. The van der Waals surface area contributed by atoms with E-state index in [2.05, 4.69) is 40.2 Å². The van der Waals surface area contributed by atoms with E-state index in [1.807, 2.05) is 30.3 Å². The van der Waals surface area contributed by atoms with E-state index in [1.165, 1.54) is 11.1 Å². The number of carbonyl (C=O) groups is 1. The quantitative estimate of drug-likeness (QED) is 0.772. The first-order valence-corrected chi connectivity index (χ1v) is 6.34. The van der Waals surface area contributed by atoms with Crippen LogP contribution in [0.5, 0.6) is 0 Å². The minimum atomic E-state index is 0.154. The van der Waals surface area contributed by atoms with Crippen LogP contribution in [0, 0.1) is 0 Å². The van der Waals surface area contributed by atoms with Gasteiger partial charge in [-0.05, 0) is 23.3 Å². The normalized spacial score (nSPS) is 12.1. The third kappa shape index (κ3) is 3.04. The van der Waals surface area contributed by atoms with Crippen molar-refractivity contribution in [3.8, 4) is 0 Å². The fourth-order valence-corrected chi connectivity index (χ4v) is 2.21. The second-order valence-corrected chi connectivity index (χ2v) is 4.83. The third-order valence-corrected chi connectivity index (χ3v) is 3.33. The van der Waals surface area contributed by atoms with Gasteiger partial charge in [-0.25, -0.2) is 0 Å². The van der Waals surface area contributed by atoms with Gasteiger partial charge in [0.15, 0.2) is 0 Å². The minimum Gasteiger partial charge on any atom is -0.303 e. The molecule has 0 aliphatic heterocycles. The van der Waals surface area contributed by atoms with Crippen molar-refractivity contribution in [1.82, 2.24) is 0 Å². The first-order chi connectivity index (χ1) is 8.31. The first-order valence-electron chi connectivity index (χ1n) is 5.55. The molecule has 0 saturated heterocycles. The number of carbonyl (C=O) groups excluding carboxylic acids is 1. The molecule has 1 unspecified atom stereocenters. The van der Waals surface area contributed by atoms with E-state index in [0.717, 1.165) is 10.8 Å². The van der Waals surface area contributed by atoms with E-state index in [0.29, 0.717) is 6.42 Å². The number of hydrogen-bond donors (Lipinski definition) is 0. The van der Waals surface area contributed by atoms with E-state index in [9.17, 15) is 4.79 Å². The van der Waals surface area contributed by atoms with Crippen LogP contribution in [-0.4, -0.2) is 6.29 Å². The molecule has 0 fully saturated rings. The highest BCUT2D eigenvalue weighted by Gasteiger charge is 2.12. The summed E-state index contributed by atoms with van der Waals surface area (Å²) in [6.07, 6.45) is 1.51. The zero-order valence-corrected chi connectivity index (χ0v) is 10.9. The van der Waals surface area contributed by atoms with Gasteiger partial charge in [0, 0.05) is 16.8 Å². The average Bonchev–Trinajstić information content (AvgIpc) is 2.38. The van der Waals surface area contributed by atoms with Crippen LogP contribution in [0.2, 0.25) is 0 Å². The van der Waals surface area contributed by atoms with Crippen LogP contribution < -0.4 is 0 Å². The van der Waals surface area contributed by atoms with Crippen LogP contribution in [0.3, 0.4) is 0 Å². The van der Waals surface area contributed by atoms with E-state index in [4.69, 9.17) is 0 Å². The van der Waals surface area contributed by atoms with Gasteiger partial charge < -0.3 is 4.79 Å². The highest BCUT2D eigenvalue weighted by Crippen LogP contribution is 2.27. The van der Waals surface area contributed by atoms with Gasteiger partial charge in [-0.1, -0.05) is 58.4 Å². The zero-order valence-electron chi connectivity index (χ0n) is 9.34. The van der Waals surface area contributed by atoms with Gasteiger partial charge in [0.25, 0.3) is 0 Å². The summed E-state index contributed by atoms with van der Waals surface area (Å²) in [4.78, 5) is 10.8.